The maximum Gasteiger partial charge on any atom is 0.193 e. The summed E-state index contributed by atoms with van der Waals surface area (Å²) in [7, 11) is 1.65. The molecule has 0 aliphatic rings. The first-order chi connectivity index (χ1) is 8.24. The number of nitrogens with zero attached hydrogens (tertiary/aromatic N) is 2. The van der Waals surface area contributed by atoms with Crippen molar-refractivity contribution in [1.82, 2.24) is 9.38 Å². The Bertz CT molecular complexity index is 437. The average molecular weight is 254 g/mol. The van der Waals surface area contributed by atoms with Crippen LogP contribution >= 0.6 is 11.3 Å². The van der Waals surface area contributed by atoms with Gasteiger partial charge in [-0.15, -0.1) is 11.3 Å². The van der Waals surface area contributed by atoms with E-state index < -0.39 is 6.10 Å². The van der Waals surface area contributed by atoms with Gasteiger partial charge in [0.15, 0.2) is 4.96 Å². The standard InChI is InChI=1S/C12H18N2O2S/c1-3-4-11(16-2)10(15)7-9-8-14-5-6-17-12(14)13-9/h5-6,8,10-11,15H,3-4,7H2,1-2H3. The normalized spacial score (nSPS) is 15.2. The molecule has 0 radical (unpaired) electrons. The van der Waals surface area contributed by atoms with E-state index in [9.17, 15) is 5.11 Å². The molecule has 0 bridgehead atoms. The summed E-state index contributed by atoms with van der Waals surface area (Å²) >= 11 is 1.60. The van der Waals surface area contributed by atoms with Crippen molar-refractivity contribution in [2.24, 2.45) is 0 Å². The van der Waals surface area contributed by atoms with E-state index in [0.717, 1.165) is 23.5 Å². The van der Waals surface area contributed by atoms with Crippen LogP contribution in [0, 0.1) is 0 Å². The van der Waals surface area contributed by atoms with Gasteiger partial charge in [0, 0.05) is 31.3 Å². The van der Waals surface area contributed by atoms with E-state index in [1.165, 1.54) is 0 Å². The SMILES string of the molecule is CCCC(OC)C(O)Cc1cn2ccsc2n1. The molecule has 0 amide bonds. The quantitative estimate of drug-likeness (QED) is 0.859. The third kappa shape index (κ3) is 2.86. The minimum Gasteiger partial charge on any atom is -0.390 e. The van der Waals surface area contributed by atoms with E-state index in [1.807, 2.05) is 22.2 Å². The van der Waals surface area contributed by atoms with Crippen LogP contribution in [0.25, 0.3) is 4.96 Å². The summed E-state index contributed by atoms with van der Waals surface area (Å²) in [4.78, 5) is 5.42. The smallest absolute Gasteiger partial charge is 0.193 e. The van der Waals surface area contributed by atoms with Crippen molar-refractivity contribution in [3.8, 4) is 0 Å². The number of fused-ring (bicyclic) bond motifs is 1. The second kappa shape index (κ2) is 5.62. The molecule has 0 aromatic carbocycles. The van der Waals surface area contributed by atoms with Crippen LogP contribution in [0.4, 0.5) is 0 Å². The van der Waals surface area contributed by atoms with Crippen molar-refractivity contribution >= 4 is 16.3 Å². The number of thiazole rings is 1. The van der Waals surface area contributed by atoms with Crippen LogP contribution < -0.4 is 0 Å². The number of rotatable bonds is 6. The molecule has 2 aromatic heterocycles. The van der Waals surface area contributed by atoms with Crippen LogP contribution in [0.2, 0.25) is 0 Å². The Morgan fingerprint density at radius 3 is 3.06 bits per heavy atom. The lowest BCUT2D eigenvalue weighted by atomic mass is 10.0. The number of imidazole rings is 1. The molecule has 0 spiro atoms. The Balaban J connectivity index is 2.02. The molecule has 2 rings (SSSR count). The summed E-state index contributed by atoms with van der Waals surface area (Å²) in [6.07, 6.45) is 5.79. The highest BCUT2D eigenvalue weighted by molar-refractivity contribution is 7.15. The molecular formula is C12H18N2O2S. The fourth-order valence-electron chi connectivity index (χ4n) is 1.97. The highest BCUT2D eigenvalue weighted by Crippen LogP contribution is 2.15. The third-order valence-corrected chi connectivity index (χ3v) is 3.64. The van der Waals surface area contributed by atoms with Crippen molar-refractivity contribution in [2.45, 2.75) is 38.4 Å². The first-order valence-corrected chi connectivity index (χ1v) is 6.74. The second-order valence-electron chi connectivity index (χ2n) is 4.16. The lowest BCUT2D eigenvalue weighted by molar-refractivity contribution is -0.0162. The Morgan fingerprint density at radius 2 is 2.41 bits per heavy atom. The lowest BCUT2D eigenvalue weighted by Crippen LogP contribution is -2.29. The van der Waals surface area contributed by atoms with Crippen molar-refractivity contribution < 1.29 is 9.84 Å². The van der Waals surface area contributed by atoms with E-state index in [0.29, 0.717) is 6.42 Å². The molecule has 0 aliphatic heterocycles. The molecule has 0 saturated heterocycles. The van der Waals surface area contributed by atoms with Crippen LogP contribution in [-0.4, -0.2) is 33.8 Å². The lowest BCUT2D eigenvalue weighted by Gasteiger charge is -2.20. The van der Waals surface area contributed by atoms with Gasteiger partial charge >= 0.3 is 0 Å². The van der Waals surface area contributed by atoms with Crippen molar-refractivity contribution in [3.05, 3.63) is 23.5 Å². The molecular weight excluding hydrogens is 236 g/mol. The summed E-state index contributed by atoms with van der Waals surface area (Å²) < 4.78 is 7.28. The second-order valence-corrected chi connectivity index (χ2v) is 5.03. The third-order valence-electron chi connectivity index (χ3n) is 2.87. The number of hydrogen-bond acceptors (Lipinski definition) is 4. The largest absolute Gasteiger partial charge is 0.390 e. The molecule has 2 atom stereocenters. The Labute approximate surface area is 105 Å². The molecule has 2 unspecified atom stereocenters. The van der Waals surface area contributed by atoms with Gasteiger partial charge in [0.05, 0.1) is 17.9 Å². The van der Waals surface area contributed by atoms with Gasteiger partial charge in [-0.25, -0.2) is 4.98 Å². The first kappa shape index (κ1) is 12.5. The van der Waals surface area contributed by atoms with Gasteiger partial charge in [-0.05, 0) is 6.42 Å². The van der Waals surface area contributed by atoms with Crippen molar-refractivity contribution in [1.29, 1.82) is 0 Å². The zero-order valence-electron chi connectivity index (χ0n) is 10.2. The van der Waals surface area contributed by atoms with Crippen LogP contribution in [0.3, 0.4) is 0 Å². The molecule has 0 fully saturated rings. The van der Waals surface area contributed by atoms with E-state index in [1.54, 1.807) is 18.4 Å². The molecule has 1 N–H and O–H groups in total. The molecule has 4 nitrogen and oxygen atoms in total. The molecule has 94 valence electrons. The Kier molecular flexibility index (Phi) is 4.15. The van der Waals surface area contributed by atoms with Crippen molar-refractivity contribution in [2.75, 3.05) is 7.11 Å². The van der Waals surface area contributed by atoms with Crippen LogP contribution in [0.5, 0.6) is 0 Å². The summed E-state index contributed by atoms with van der Waals surface area (Å²) in [5.41, 5.74) is 0.919. The van der Waals surface area contributed by atoms with Gasteiger partial charge < -0.3 is 9.84 Å². The molecule has 2 heterocycles. The number of hydrogen-bond donors (Lipinski definition) is 1. The fourth-order valence-corrected chi connectivity index (χ4v) is 2.69. The predicted molar refractivity (Wildman–Crippen MR) is 68.5 cm³/mol. The molecule has 17 heavy (non-hydrogen) atoms. The number of aliphatic hydroxyl groups excluding tert-OH is 1. The maximum atomic E-state index is 10.1. The number of aromatic nitrogens is 2. The number of ether oxygens (including phenoxy) is 1. The monoisotopic (exact) mass is 254 g/mol. The van der Waals surface area contributed by atoms with Gasteiger partial charge in [0.2, 0.25) is 0 Å². The van der Waals surface area contributed by atoms with Gasteiger partial charge in [-0.1, -0.05) is 13.3 Å². The van der Waals surface area contributed by atoms with E-state index in [4.69, 9.17) is 4.74 Å². The Morgan fingerprint density at radius 1 is 1.59 bits per heavy atom. The topological polar surface area (TPSA) is 46.8 Å². The molecule has 2 aromatic rings. The summed E-state index contributed by atoms with van der Waals surface area (Å²) in [5, 5.41) is 12.1. The van der Waals surface area contributed by atoms with E-state index in [2.05, 4.69) is 11.9 Å². The summed E-state index contributed by atoms with van der Waals surface area (Å²) in [6.45, 7) is 2.09. The van der Waals surface area contributed by atoms with Gasteiger partial charge in [0.1, 0.15) is 0 Å². The van der Waals surface area contributed by atoms with Gasteiger partial charge in [-0.2, -0.15) is 0 Å². The summed E-state index contributed by atoms with van der Waals surface area (Å²) in [6, 6.07) is 0. The minimum absolute atomic E-state index is 0.0975. The summed E-state index contributed by atoms with van der Waals surface area (Å²) in [5.74, 6) is 0. The van der Waals surface area contributed by atoms with Gasteiger partial charge in [0.25, 0.3) is 0 Å². The fraction of sp³-hybridized carbons (Fsp3) is 0.583. The van der Waals surface area contributed by atoms with Crippen molar-refractivity contribution in [3.63, 3.8) is 0 Å². The van der Waals surface area contributed by atoms with Crippen LogP contribution in [-0.2, 0) is 11.2 Å². The highest BCUT2D eigenvalue weighted by atomic mass is 32.1. The molecule has 0 aliphatic carbocycles. The highest BCUT2D eigenvalue weighted by Gasteiger charge is 2.19. The predicted octanol–water partition coefficient (Wildman–Crippen LogP) is 2.11. The number of methoxy groups -OCH3 is 1. The van der Waals surface area contributed by atoms with Gasteiger partial charge in [-0.3, -0.25) is 4.40 Å². The van der Waals surface area contributed by atoms with Crippen LogP contribution in [0.1, 0.15) is 25.5 Å². The minimum atomic E-state index is -0.482. The Hall–Kier alpha value is -0.910. The molecule has 0 saturated carbocycles. The number of aliphatic hydroxyl groups is 1. The first-order valence-electron chi connectivity index (χ1n) is 5.86. The zero-order chi connectivity index (χ0) is 12.3. The van der Waals surface area contributed by atoms with Crippen LogP contribution in [0.15, 0.2) is 17.8 Å². The average Bonchev–Trinajstić information content (AvgIpc) is 2.85. The van der Waals surface area contributed by atoms with E-state index in [-0.39, 0.29) is 6.10 Å². The molecule has 5 heteroatoms. The zero-order valence-corrected chi connectivity index (χ0v) is 11.0. The maximum absolute atomic E-state index is 10.1. The van der Waals surface area contributed by atoms with E-state index >= 15 is 0 Å².